The number of nitrogens with zero attached hydrogens (tertiary/aromatic N) is 1. The molecule has 2 atom stereocenters. The Labute approximate surface area is 164 Å². The summed E-state index contributed by atoms with van der Waals surface area (Å²) in [6.45, 7) is 8.83. The van der Waals surface area contributed by atoms with Gasteiger partial charge in [0.1, 0.15) is 5.75 Å². The second-order valence-electron chi connectivity index (χ2n) is 6.59. The van der Waals surface area contributed by atoms with Crippen molar-refractivity contribution in [2.45, 2.75) is 58.3 Å². The van der Waals surface area contributed by atoms with Crippen molar-refractivity contribution in [2.24, 2.45) is 11.8 Å². The summed E-state index contributed by atoms with van der Waals surface area (Å²) in [6, 6.07) is 12.0. The number of rotatable bonds is 5. The fourth-order valence-corrected chi connectivity index (χ4v) is 3.11. The molecule has 1 aromatic carbocycles. The van der Waals surface area contributed by atoms with Gasteiger partial charge in [0.15, 0.2) is 0 Å². The van der Waals surface area contributed by atoms with Crippen LogP contribution in [0.3, 0.4) is 0 Å². The van der Waals surface area contributed by atoms with Crippen molar-refractivity contribution < 1.29 is 4.74 Å². The molecule has 144 valence electrons. The first-order valence-corrected chi connectivity index (χ1v) is 11.0. The second kappa shape index (κ2) is 12.8. The first kappa shape index (κ1) is 22.6. The van der Waals surface area contributed by atoms with E-state index in [9.17, 15) is 0 Å². The number of aromatic nitrogens is 1. The average Bonchev–Trinajstić information content (AvgIpc) is 3.48. The average molecular weight is 374 g/mol. The maximum Gasteiger partial charge on any atom is 0.118 e. The molecule has 3 rings (SSSR count). The van der Waals surface area contributed by atoms with Crippen molar-refractivity contribution in [3.05, 3.63) is 42.6 Å². The summed E-state index contributed by atoms with van der Waals surface area (Å²) in [6.07, 6.45) is 9.54. The third-order valence-electron chi connectivity index (χ3n) is 4.48. The SMILES string of the molecule is CCC.CCC1CC1CC.COc1ccc(-c2ccc(SC)cn2)cc1. The van der Waals surface area contributed by atoms with Gasteiger partial charge < -0.3 is 4.74 Å². The molecule has 0 N–H and O–H groups in total. The minimum atomic E-state index is 0.865. The molecule has 1 aliphatic carbocycles. The monoisotopic (exact) mass is 373 g/mol. The first-order valence-electron chi connectivity index (χ1n) is 9.77. The Balaban J connectivity index is 0.000000280. The Morgan fingerprint density at radius 3 is 1.88 bits per heavy atom. The summed E-state index contributed by atoms with van der Waals surface area (Å²) in [4.78, 5) is 5.59. The van der Waals surface area contributed by atoms with Crippen LogP contribution in [0.2, 0.25) is 0 Å². The van der Waals surface area contributed by atoms with E-state index in [0.29, 0.717) is 0 Å². The quantitative estimate of drug-likeness (QED) is 0.512. The zero-order chi connectivity index (χ0) is 19.4. The lowest BCUT2D eigenvalue weighted by molar-refractivity contribution is 0.415. The van der Waals surface area contributed by atoms with Gasteiger partial charge in [0.2, 0.25) is 0 Å². The molecule has 2 unspecified atom stereocenters. The van der Waals surface area contributed by atoms with Crippen molar-refractivity contribution in [1.82, 2.24) is 4.98 Å². The van der Waals surface area contributed by atoms with E-state index in [1.54, 1.807) is 18.9 Å². The molecule has 0 spiro atoms. The number of thioether (sulfide) groups is 1. The van der Waals surface area contributed by atoms with Gasteiger partial charge in [-0.15, -0.1) is 11.8 Å². The molecule has 1 saturated carbocycles. The topological polar surface area (TPSA) is 22.1 Å². The Bertz CT molecular complexity index is 541. The summed E-state index contributed by atoms with van der Waals surface area (Å²) in [7, 11) is 1.67. The Kier molecular flexibility index (Phi) is 11.1. The summed E-state index contributed by atoms with van der Waals surface area (Å²) in [5.41, 5.74) is 2.09. The standard InChI is InChI=1S/C13H13NOS.C7H14.C3H8/c1-15-11-5-3-10(4-6-11)13-8-7-12(16-2)9-14-13;1-3-6-5-7(6)4-2;1-3-2/h3-9H,1-2H3;6-7H,3-5H2,1-2H3;3H2,1-2H3. The summed E-state index contributed by atoms with van der Waals surface area (Å²) >= 11 is 1.70. The van der Waals surface area contributed by atoms with Crippen molar-refractivity contribution in [2.75, 3.05) is 13.4 Å². The van der Waals surface area contributed by atoms with Crippen molar-refractivity contribution in [1.29, 1.82) is 0 Å². The van der Waals surface area contributed by atoms with Crippen LogP contribution in [0.4, 0.5) is 0 Å². The van der Waals surface area contributed by atoms with E-state index in [4.69, 9.17) is 4.74 Å². The molecule has 26 heavy (non-hydrogen) atoms. The number of methoxy groups -OCH3 is 1. The molecule has 1 aromatic heterocycles. The smallest absolute Gasteiger partial charge is 0.118 e. The summed E-state index contributed by atoms with van der Waals surface area (Å²) in [5, 5.41) is 0. The maximum absolute atomic E-state index is 5.12. The normalized spacial score (nSPS) is 17.3. The molecule has 1 heterocycles. The van der Waals surface area contributed by atoms with Crippen LogP contribution in [0.5, 0.6) is 5.75 Å². The van der Waals surface area contributed by atoms with Crippen LogP contribution in [0.25, 0.3) is 11.3 Å². The van der Waals surface area contributed by atoms with E-state index >= 15 is 0 Å². The number of hydrogen-bond acceptors (Lipinski definition) is 3. The molecule has 0 radical (unpaired) electrons. The first-order chi connectivity index (χ1) is 12.6. The maximum atomic E-state index is 5.12. The number of benzene rings is 1. The second-order valence-corrected chi connectivity index (χ2v) is 7.47. The number of ether oxygens (including phenoxy) is 1. The number of pyridine rings is 1. The molecule has 3 heteroatoms. The molecule has 2 nitrogen and oxygen atoms in total. The van der Waals surface area contributed by atoms with Crippen molar-refractivity contribution >= 4 is 11.8 Å². The van der Waals surface area contributed by atoms with Crippen LogP contribution in [-0.4, -0.2) is 18.3 Å². The van der Waals surface area contributed by atoms with Crippen LogP contribution in [0, 0.1) is 11.8 Å². The lowest BCUT2D eigenvalue weighted by Crippen LogP contribution is -1.85. The van der Waals surface area contributed by atoms with Gasteiger partial charge in [0.25, 0.3) is 0 Å². The summed E-state index contributed by atoms with van der Waals surface area (Å²) < 4.78 is 5.12. The van der Waals surface area contributed by atoms with E-state index in [1.807, 2.05) is 42.8 Å². The van der Waals surface area contributed by atoms with Crippen molar-refractivity contribution in [3.8, 4) is 17.0 Å². The molecular formula is C23H35NOS. The van der Waals surface area contributed by atoms with Gasteiger partial charge in [-0.05, 0) is 60.9 Å². The highest BCUT2D eigenvalue weighted by molar-refractivity contribution is 7.98. The van der Waals surface area contributed by atoms with Crippen LogP contribution in [0.15, 0.2) is 47.5 Å². The molecule has 1 aliphatic rings. The largest absolute Gasteiger partial charge is 0.497 e. The van der Waals surface area contributed by atoms with Crippen LogP contribution >= 0.6 is 11.8 Å². The van der Waals surface area contributed by atoms with E-state index in [2.05, 4.69) is 38.7 Å². The highest BCUT2D eigenvalue weighted by atomic mass is 32.2. The van der Waals surface area contributed by atoms with E-state index in [0.717, 1.165) is 28.8 Å². The number of hydrogen-bond donors (Lipinski definition) is 0. The van der Waals surface area contributed by atoms with Crippen LogP contribution in [-0.2, 0) is 0 Å². The van der Waals surface area contributed by atoms with Gasteiger partial charge >= 0.3 is 0 Å². The third kappa shape index (κ3) is 7.82. The molecule has 0 aliphatic heterocycles. The lowest BCUT2D eigenvalue weighted by atomic mass is 10.1. The van der Waals surface area contributed by atoms with E-state index in [1.165, 1.54) is 30.6 Å². The molecule has 0 bridgehead atoms. The van der Waals surface area contributed by atoms with Crippen molar-refractivity contribution in [3.63, 3.8) is 0 Å². The zero-order valence-corrected chi connectivity index (χ0v) is 18.1. The van der Waals surface area contributed by atoms with E-state index < -0.39 is 0 Å². The highest BCUT2D eigenvalue weighted by Crippen LogP contribution is 2.42. The Morgan fingerprint density at radius 2 is 1.54 bits per heavy atom. The van der Waals surface area contributed by atoms with Crippen LogP contribution in [0.1, 0.15) is 53.4 Å². The molecule has 1 fully saturated rings. The van der Waals surface area contributed by atoms with Gasteiger partial charge in [0, 0.05) is 16.7 Å². The van der Waals surface area contributed by atoms with Gasteiger partial charge in [-0.2, -0.15) is 0 Å². The van der Waals surface area contributed by atoms with Crippen LogP contribution < -0.4 is 4.74 Å². The fourth-order valence-electron chi connectivity index (χ4n) is 2.74. The Hall–Kier alpha value is -1.48. The predicted octanol–water partition coefficient (Wildman–Crippen LogP) is 7.34. The highest BCUT2D eigenvalue weighted by Gasteiger charge is 2.32. The van der Waals surface area contributed by atoms with E-state index in [-0.39, 0.29) is 0 Å². The minimum absolute atomic E-state index is 0.865. The lowest BCUT2D eigenvalue weighted by Gasteiger charge is -2.03. The minimum Gasteiger partial charge on any atom is -0.497 e. The van der Waals surface area contributed by atoms with Gasteiger partial charge in [-0.3, -0.25) is 4.98 Å². The Morgan fingerprint density at radius 1 is 0.962 bits per heavy atom. The summed E-state index contributed by atoms with van der Waals surface area (Å²) in [5.74, 6) is 3.10. The fraction of sp³-hybridized carbons (Fsp3) is 0.522. The van der Waals surface area contributed by atoms with Gasteiger partial charge in [0.05, 0.1) is 12.8 Å². The third-order valence-corrected chi connectivity index (χ3v) is 5.19. The molecule has 0 amide bonds. The molecule has 0 saturated heterocycles. The predicted molar refractivity (Wildman–Crippen MR) is 116 cm³/mol. The van der Waals surface area contributed by atoms with Gasteiger partial charge in [-0.25, -0.2) is 0 Å². The zero-order valence-electron chi connectivity index (χ0n) is 17.3. The van der Waals surface area contributed by atoms with Gasteiger partial charge in [-0.1, -0.05) is 47.0 Å². The molecule has 2 aromatic rings. The molecular weight excluding hydrogens is 338 g/mol.